The van der Waals surface area contributed by atoms with E-state index in [1.165, 1.54) is 0 Å². The largest absolute Gasteiger partial charge is 0.491 e. The van der Waals surface area contributed by atoms with Crippen LogP contribution < -0.4 is 4.74 Å². The number of benzene rings is 1. The van der Waals surface area contributed by atoms with E-state index in [1.54, 1.807) is 0 Å². The highest BCUT2D eigenvalue weighted by molar-refractivity contribution is 5.96. The van der Waals surface area contributed by atoms with Gasteiger partial charge in [0, 0.05) is 12.0 Å². The van der Waals surface area contributed by atoms with Crippen molar-refractivity contribution in [1.82, 2.24) is 0 Å². The fourth-order valence-electron chi connectivity index (χ4n) is 1.56. The molecule has 94 valence electrons. The van der Waals surface area contributed by atoms with Crippen molar-refractivity contribution in [3.8, 4) is 5.75 Å². The summed E-state index contributed by atoms with van der Waals surface area (Å²) in [4.78, 5) is 11.8. The van der Waals surface area contributed by atoms with Gasteiger partial charge in [0.2, 0.25) is 0 Å². The number of carbonyl (C=O) groups excluding carboxylic acids is 1. The molecule has 0 unspecified atom stereocenters. The summed E-state index contributed by atoms with van der Waals surface area (Å²) in [5, 5.41) is 0. The van der Waals surface area contributed by atoms with Gasteiger partial charge in [-0.15, -0.1) is 0 Å². The van der Waals surface area contributed by atoms with Crippen LogP contribution in [0.4, 0.5) is 0 Å². The number of hydrogen-bond donors (Lipinski definition) is 0. The van der Waals surface area contributed by atoms with Crippen LogP contribution in [0.5, 0.6) is 5.75 Å². The molecule has 1 aromatic rings. The third kappa shape index (κ3) is 5.03. The number of ether oxygens (including phenoxy) is 1. The molecule has 0 aliphatic heterocycles. The van der Waals surface area contributed by atoms with Gasteiger partial charge in [0.15, 0.2) is 5.78 Å². The van der Waals surface area contributed by atoms with E-state index in [1.807, 2.05) is 38.1 Å². The zero-order valence-electron chi connectivity index (χ0n) is 11.2. The van der Waals surface area contributed by atoms with Gasteiger partial charge in [-0.3, -0.25) is 4.79 Å². The fourth-order valence-corrected chi connectivity index (χ4v) is 1.56. The van der Waals surface area contributed by atoms with Gasteiger partial charge in [-0.25, -0.2) is 0 Å². The highest BCUT2D eigenvalue weighted by Gasteiger charge is 2.07. The average Bonchev–Trinajstić information content (AvgIpc) is 2.26. The van der Waals surface area contributed by atoms with E-state index < -0.39 is 0 Å². The Morgan fingerprint density at radius 3 is 2.18 bits per heavy atom. The second kappa shape index (κ2) is 6.43. The maximum Gasteiger partial charge on any atom is 0.162 e. The summed E-state index contributed by atoms with van der Waals surface area (Å²) in [5.41, 5.74) is 0.779. The predicted octanol–water partition coefficient (Wildman–Crippen LogP) is 4.09. The standard InChI is InChI=1S/C15H22O2/c1-11(2)5-10-15(16)13-6-8-14(9-7-13)17-12(3)4/h6-9,11-12H,5,10H2,1-4H3. The van der Waals surface area contributed by atoms with E-state index in [4.69, 9.17) is 4.74 Å². The summed E-state index contributed by atoms with van der Waals surface area (Å²) in [6.45, 7) is 8.24. The lowest BCUT2D eigenvalue weighted by Gasteiger charge is -2.10. The van der Waals surface area contributed by atoms with Crippen molar-refractivity contribution in [3.63, 3.8) is 0 Å². The van der Waals surface area contributed by atoms with Crippen LogP contribution in [-0.2, 0) is 0 Å². The second-order valence-corrected chi connectivity index (χ2v) is 5.05. The smallest absolute Gasteiger partial charge is 0.162 e. The average molecular weight is 234 g/mol. The number of Topliss-reactive ketones (excluding diaryl/α,β-unsaturated/α-hetero) is 1. The second-order valence-electron chi connectivity index (χ2n) is 5.05. The van der Waals surface area contributed by atoms with E-state index in [9.17, 15) is 4.79 Å². The molecule has 17 heavy (non-hydrogen) atoms. The van der Waals surface area contributed by atoms with Crippen molar-refractivity contribution in [2.45, 2.75) is 46.6 Å². The zero-order valence-corrected chi connectivity index (χ0v) is 11.2. The molecule has 0 bridgehead atoms. The lowest BCUT2D eigenvalue weighted by molar-refractivity contribution is 0.0975. The normalized spacial score (nSPS) is 10.9. The molecule has 0 heterocycles. The zero-order chi connectivity index (χ0) is 12.8. The number of hydrogen-bond acceptors (Lipinski definition) is 2. The van der Waals surface area contributed by atoms with E-state index in [2.05, 4.69) is 13.8 Å². The fraction of sp³-hybridized carbons (Fsp3) is 0.533. The Morgan fingerprint density at radius 2 is 1.71 bits per heavy atom. The van der Waals surface area contributed by atoms with Gasteiger partial charge >= 0.3 is 0 Å². The Hall–Kier alpha value is -1.31. The summed E-state index contributed by atoms with van der Waals surface area (Å²) < 4.78 is 5.54. The first-order valence-electron chi connectivity index (χ1n) is 6.29. The summed E-state index contributed by atoms with van der Waals surface area (Å²) in [7, 11) is 0. The van der Waals surface area contributed by atoms with Crippen LogP contribution in [0.3, 0.4) is 0 Å². The molecule has 0 aliphatic rings. The molecule has 2 heteroatoms. The molecule has 0 spiro atoms. The van der Waals surface area contributed by atoms with Crippen LogP contribution in [0, 0.1) is 5.92 Å². The Morgan fingerprint density at radius 1 is 1.12 bits per heavy atom. The van der Waals surface area contributed by atoms with E-state index in [-0.39, 0.29) is 11.9 Å². The maximum atomic E-state index is 11.8. The van der Waals surface area contributed by atoms with Crippen LogP contribution in [0.15, 0.2) is 24.3 Å². The summed E-state index contributed by atoms with van der Waals surface area (Å²) in [6.07, 6.45) is 1.74. The van der Waals surface area contributed by atoms with Crippen LogP contribution in [0.2, 0.25) is 0 Å². The number of carbonyl (C=O) groups is 1. The van der Waals surface area contributed by atoms with Crippen LogP contribution in [-0.4, -0.2) is 11.9 Å². The summed E-state index contributed by atoms with van der Waals surface area (Å²) in [6, 6.07) is 7.42. The van der Waals surface area contributed by atoms with Crippen molar-refractivity contribution in [2.75, 3.05) is 0 Å². The van der Waals surface area contributed by atoms with Gasteiger partial charge in [0.1, 0.15) is 5.75 Å². The van der Waals surface area contributed by atoms with Crippen LogP contribution in [0.25, 0.3) is 0 Å². The van der Waals surface area contributed by atoms with Crippen LogP contribution >= 0.6 is 0 Å². The molecule has 1 aromatic carbocycles. The van der Waals surface area contributed by atoms with Gasteiger partial charge in [-0.05, 0) is 50.5 Å². The van der Waals surface area contributed by atoms with Crippen molar-refractivity contribution >= 4 is 5.78 Å². The molecule has 0 atom stereocenters. The molecule has 0 radical (unpaired) electrons. The highest BCUT2D eigenvalue weighted by atomic mass is 16.5. The van der Waals surface area contributed by atoms with E-state index in [0.717, 1.165) is 17.7 Å². The molecular formula is C15H22O2. The van der Waals surface area contributed by atoms with E-state index in [0.29, 0.717) is 12.3 Å². The lowest BCUT2D eigenvalue weighted by atomic mass is 10.0. The minimum Gasteiger partial charge on any atom is -0.491 e. The molecule has 1 rings (SSSR count). The third-order valence-corrected chi connectivity index (χ3v) is 2.50. The topological polar surface area (TPSA) is 26.3 Å². The van der Waals surface area contributed by atoms with Crippen molar-refractivity contribution in [1.29, 1.82) is 0 Å². The number of rotatable bonds is 6. The molecule has 0 fully saturated rings. The predicted molar refractivity (Wildman–Crippen MR) is 70.6 cm³/mol. The van der Waals surface area contributed by atoms with E-state index >= 15 is 0 Å². The molecular weight excluding hydrogens is 212 g/mol. The van der Waals surface area contributed by atoms with Gasteiger partial charge < -0.3 is 4.74 Å². The first-order chi connectivity index (χ1) is 7.99. The van der Waals surface area contributed by atoms with Gasteiger partial charge in [-0.2, -0.15) is 0 Å². The molecule has 0 aromatic heterocycles. The van der Waals surface area contributed by atoms with Gasteiger partial charge in [0.05, 0.1) is 6.10 Å². The highest BCUT2D eigenvalue weighted by Crippen LogP contribution is 2.16. The molecule has 0 saturated carbocycles. The third-order valence-electron chi connectivity index (χ3n) is 2.50. The number of ketones is 1. The van der Waals surface area contributed by atoms with Gasteiger partial charge in [-0.1, -0.05) is 13.8 Å². The Kier molecular flexibility index (Phi) is 5.20. The van der Waals surface area contributed by atoms with Crippen molar-refractivity contribution in [2.24, 2.45) is 5.92 Å². The minimum atomic E-state index is 0.164. The van der Waals surface area contributed by atoms with Gasteiger partial charge in [0.25, 0.3) is 0 Å². The summed E-state index contributed by atoms with van der Waals surface area (Å²) in [5.74, 6) is 1.61. The molecule has 0 saturated heterocycles. The molecule has 0 amide bonds. The monoisotopic (exact) mass is 234 g/mol. The Balaban J connectivity index is 2.57. The van der Waals surface area contributed by atoms with Crippen molar-refractivity contribution in [3.05, 3.63) is 29.8 Å². The maximum absolute atomic E-state index is 11.8. The minimum absolute atomic E-state index is 0.164. The SMILES string of the molecule is CC(C)CCC(=O)c1ccc(OC(C)C)cc1. The van der Waals surface area contributed by atoms with Crippen LogP contribution in [0.1, 0.15) is 50.9 Å². The lowest BCUT2D eigenvalue weighted by Crippen LogP contribution is -2.06. The molecule has 2 nitrogen and oxygen atoms in total. The van der Waals surface area contributed by atoms with Crippen molar-refractivity contribution < 1.29 is 9.53 Å². The first kappa shape index (κ1) is 13.8. The summed E-state index contributed by atoms with van der Waals surface area (Å²) >= 11 is 0. The Bertz CT molecular complexity index is 350. The molecule has 0 aliphatic carbocycles. The molecule has 0 N–H and O–H groups in total. The quantitative estimate of drug-likeness (QED) is 0.693. The first-order valence-corrected chi connectivity index (χ1v) is 6.29. The Labute approximate surface area is 104 Å².